The predicted octanol–water partition coefficient (Wildman–Crippen LogP) is 5.10. The summed E-state index contributed by atoms with van der Waals surface area (Å²) in [5.74, 6) is 0.668. The van der Waals surface area contributed by atoms with Gasteiger partial charge in [0, 0.05) is 16.5 Å². The summed E-state index contributed by atoms with van der Waals surface area (Å²) in [4.78, 5) is 12.5. The normalized spacial score (nSPS) is 17.4. The maximum absolute atomic E-state index is 12.5. The zero-order valence-electron chi connectivity index (χ0n) is 11.9. The lowest BCUT2D eigenvalue weighted by molar-refractivity contribution is 0.0850. The summed E-state index contributed by atoms with van der Waals surface area (Å²) < 4.78 is 11.5. The maximum atomic E-state index is 12.5. The summed E-state index contributed by atoms with van der Waals surface area (Å²) in [6, 6.07) is 11.1. The molecule has 3 aromatic rings. The van der Waals surface area contributed by atoms with Gasteiger partial charge in [-0.15, -0.1) is 0 Å². The van der Waals surface area contributed by atoms with Crippen LogP contribution in [0.1, 0.15) is 34.0 Å². The SMILES string of the molecule is Cc1coc2cc3c(cc12)C(=O)CC(c1ccc(Cl)cc1)O3. The zero-order chi connectivity index (χ0) is 15.3. The number of benzene rings is 2. The maximum Gasteiger partial charge on any atom is 0.170 e. The monoisotopic (exact) mass is 312 g/mol. The molecule has 0 radical (unpaired) electrons. The van der Waals surface area contributed by atoms with Gasteiger partial charge in [-0.1, -0.05) is 23.7 Å². The van der Waals surface area contributed by atoms with E-state index in [9.17, 15) is 4.79 Å². The largest absolute Gasteiger partial charge is 0.484 e. The minimum absolute atomic E-state index is 0.0868. The Morgan fingerprint density at radius 2 is 1.95 bits per heavy atom. The van der Waals surface area contributed by atoms with Crippen LogP contribution in [0.2, 0.25) is 5.02 Å². The molecule has 4 rings (SSSR count). The van der Waals surface area contributed by atoms with Crippen LogP contribution < -0.4 is 4.74 Å². The first-order valence-corrected chi connectivity index (χ1v) is 7.47. The molecule has 0 spiro atoms. The van der Waals surface area contributed by atoms with Gasteiger partial charge in [-0.3, -0.25) is 4.79 Å². The van der Waals surface area contributed by atoms with Crippen molar-refractivity contribution in [3.05, 3.63) is 64.4 Å². The molecule has 0 saturated heterocycles. The Morgan fingerprint density at radius 3 is 2.73 bits per heavy atom. The molecule has 2 aromatic carbocycles. The molecule has 1 aromatic heterocycles. The fourth-order valence-corrected chi connectivity index (χ4v) is 2.96. The minimum Gasteiger partial charge on any atom is -0.484 e. The minimum atomic E-state index is -0.286. The summed E-state index contributed by atoms with van der Waals surface area (Å²) in [5.41, 5.74) is 3.33. The zero-order valence-corrected chi connectivity index (χ0v) is 12.7. The van der Waals surface area contributed by atoms with Gasteiger partial charge in [-0.25, -0.2) is 0 Å². The number of ketones is 1. The number of fused-ring (bicyclic) bond motifs is 2. The van der Waals surface area contributed by atoms with E-state index in [2.05, 4.69) is 0 Å². The first-order chi connectivity index (χ1) is 10.6. The number of furan rings is 1. The molecule has 0 N–H and O–H groups in total. The van der Waals surface area contributed by atoms with Gasteiger partial charge < -0.3 is 9.15 Å². The first-order valence-electron chi connectivity index (χ1n) is 7.09. The number of rotatable bonds is 1. The van der Waals surface area contributed by atoms with Crippen molar-refractivity contribution in [2.45, 2.75) is 19.4 Å². The molecule has 0 amide bonds. The number of hydrogen-bond acceptors (Lipinski definition) is 3. The van der Waals surface area contributed by atoms with E-state index < -0.39 is 0 Å². The van der Waals surface area contributed by atoms with Crippen molar-refractivity contribution in [3.63, 3.8) is 0 Å². The molecule has 1 atom stereocenters. The van der Waals surface area contributed by atoms with Crippen LogP contribution in [0.15, 0.2) is 47.1 Å². The Morgan fingerprint density at radius 1 is 1.18 bits per heavy atom. The van der Waals surface area contributed by atoms with Gasteiger partial charge in [0.2, 0.25) is 0 Å². The second-order valence-electron chi connectivity index (χ2n) is 5.55. The number of carbonyl (C=O) groups is 1. The van der Waals surface area contributed by atoms with Crippen molar-refractivity contribution in [2.24, 2.45) is 0 Å². The van der Waals surface area contributed by atoms with E-state index >= 15 is 0 Å². The number of halogens is 1. The van der Waals surface area contributed by atoms with Crippen molar-refractivity contribution in [1.29, 1.82) is 0 Å². The summed E-state index contributed by atoms with van der Waals surface area (Å²) in [5, 5.41) is 1.62. The third kappa shape index (κ3) is 2.09. The number of carbonyl (C=O) groups excluding carboxylic acids is 1. The molecule has 110 valence electrons. The van der Waals surface area contributed by atoms with E-state index in [1.54, 1.807) is 24.5 Å². The van der Waals surface area contributed by atoms with E-state index in [0.29, 0.717) is 22.8 Å². The number of aryl methyl sites for hydroxylation is 1. The molecular weight excluding hydrogens is 300 g/mol. The molecule has 22 heavy (non-hydrogen) atoms. The summed E-state index contributed by atoms with van der Waals surface area (Å²) >= 11 is 5.91. The Kier molecular flexibility index (Phi) is 2.98. The highest BCUT2D eigenvalue weighted by atomic mass is 35.5. The van der Waals surface area contributed by atoms with Gasteiger partial charge in [0.25, 0.3) is 0 Å². The van der Waals surface area contributed by atoms with Gasteiger partial charge in [0.05, 0.1) is 18.2 Å². The van der Waals surface area contributed by atoms with Crippen LogP contribution in [-0.4, -0.2) is 5.78 Å². The number of hydrogen-bond donors (Lipinski definition) is 0. The molecule has 1 unspecified atom stereocenters. The second kappa shape index (κ2) is 4.89. The van der Waals surface area contributed by atoms with Crippen LogP contribution in [0.4, 0.5) is 0 Å². The average molecular weight is 313 g/mol. The molecular formula is C18H13ClO3. The number of Topliss-reactive ketones (excluding diaryl/α,β-unsaturated/α-hetero) is 1. The van der Waals surface area contributed by atoms with Crippen LogP contribution >= 0.6 is 11.6 Å². The van der Waals surface area contributed by atoms with Gasteiger partial charge in [-0.05, 0) is 36.2 Å². The lowest BCUT2D eigenvalue weighted by Gasteiger charge is -2.25. The Bertz CT molecular complexity index is 877. The Labute approximate surface area is 132 Å². The molecule has 1 aliphatic heterocycles. The molecule has 4 heteroatoms. The van der Waals surface area contributed by atoms with Gasteiger partial charge >= 0.3 is 0 Å². The van der Waals surface area contributed by atoms with Crippen molar-refractivity contribution in [2.75, 3.05) is 0 Å². The van der Waals surface area contributed by atoms with Crippen molar-refractivity contribution < 1.29 is 13.9 Å². The van der Waals surface area contributed by atoms with Crippen molar-refractivity contribution in [3.8, 4) is 5.75 Å². The third-order valence-electron chi connectivity index (χ3n) is 4.05. The summed E-state index contributed by atoms with van der Waals surface area (Å²) in [7, 11) is 0. The van der Waals surface area contributed by atoms with Crippen LogP contribution in [0, 0.1) is 6.92 Å². The first kappa shape index (κ1) is 13.4. The van der Waals surface area contributed by atoms with E-state index in [0.717, 1.165) is 22.1 Å². The van der Waals surface area contributed by atoms with Gasteiger partial charge in [0.15, 0.2) is 5.78 Å². The highest BCUT2D eigenvalue weighted by Crippen LogP contribution is 2.38. The quantitative estimate of drug-likeness (QED) is 0.627. The van der Waals surface area contributed by atoms with Crippen LogP contribution in [-0.2, 0) is 0 Å². The molecule has 0 aliphatic carbocycles. The molecule has 3 nitrogen and oxygen atoms in total. The summed E-state index contributed by atoms with van der Waals surface area (Å²) in [6.45, 7) is 1.96. The van der Waals surface area contributed by atoms with Gasteiger partial charge in [-0.2, -0.15) is 0 Å². The van der Waals surface area contributed by atoms with Gasteiger partial charge in [0.1, 0.15) is 17.4 Å². The molecule has 2 heterocycles. The van der Waals surface area contributed by atoms with E-state index in [1.165, 1.54) is 0 Å². The fourth-order valence-electron chi connectivity index (χ4n) is 2.83. The van der Waals surface area contributed by atoms with Crippen LogP contribution in [0.25, 0.3) is 11.0 Å². The highest BCUT2D eigenvalue weighted by molar-refractivity contribution is 6.30. The van der Waals surface area contributed by atoms with Crippen LogP contribution in [0.3, 0.4) is 0 Å². The smallest absolute Gasteiger partial charge is 0.170 e. The third-order valence-corrected chi connectivity index (χ3v) is 4.30. The lowest BCUT2D eigenvalue weighted by Crippen LogP contribution is -2.20. The van der Waals surface area contributed by atoms with Crippen molar-refractivity contribution in [1.82, 2.24) is 0 Å². The number of ether oxygens (including phenoxy) is 1. The average Bonchev–Trinajstić information content (AvgIpc) is 2.87. The Hall–Kier alpha value is -2.26. The fraction of sp³-hybridized carbons (Fsp3) is 0.167. The topological polar surface area (TPSA) is 39.4 Å². The second-order valence-corrected chi connectivity index (χ2v) is 5.99. The van der Waals surface area contributed by atoms with E-state index in [-0.39, 0.29) is 11.9 Å². The standard InChI is InChI=1S/C18H13ClO3/c1-10-9-21-17-8-18-14(6-13(10)17)15(20)7-16(22-18)11-2-4-12(19)5-3-11/h2-6,8-9,16H,7H2,1H3. The molecule has 0 bridgehead atoms. The molecule has 0 saturated carbocycles. The predicted molar refractivity (Wildman–Crippen MR) is 84.7 cm³/mol. The Balaban J connectivity index is 1.77. The lowest BCUT2D eigenvalue weighted by atomic mass is 9.95. The highest BCUT2D eigenvalue weighted by Gasteiger charge is 2.28. The summed E-state index contributed by atoms with van der Waals surface area (Å²) in [6.07, 6.45) is 1.74. The molecule has 0 fully saturated rings. The van der Waals surface area contributed by atoms with E-state index in [4.69, 9.17) is 20.8 Å². The van der Waals surface area contributed by atoms with E-state index in [1.807, 2.05) is 25.1 Å². The molecule has 1 aliphatic rings. The van der Waals surface area contributed by atoms with Crippen LogP contribution in [0.5, 0.6) is 5.75 Å². The van der Waals surface area contributed by atoms with Crippen molar-refractivity contribution >= 4 is 28.4 Å².